The Hall–Kier alpha value is -0.843. The topological polar surface area (TPSA) is 61.8 Å². The molecule has 0 saturated carbocycles. The van der Waals surface area contributed by atoms with Gasteiger partial charge in [-0.1, -0.05) is 47.8 Å². The summed E-state index contributed by atoms with van der Waals surface area (Å²) in [4.78, 5) is 0. The molecule has 1 heterocycles. The van der Waals surface area contributed by atoms with Gasteiger partial charge in [0.2, 0.25) is 0 Å². The highest BCUT2D eigenvalue weighted by Gasteiger charge is 2.49. The molecule has 10 heteroatoms. The minimum Gasteiger partial charge on any atom is -0.417 e. The number of hydrogen-bond acceptors (Lipinski definition) is 5. The van der Waals surface area contributed by atoms with E-state index in [9.17, 15) is 21.6 Å². The third-order valence-electron chi connectivity index (χ3n) is 7.04. The van der Waals surface area contributed by atoms with Gasteiger partial charge in [-0.25, -0.2) is 0 Å². The van der Waals surface area contributed by atoms with Crippen LogP contribution in [0.4, 0.5) is 13.2 Å². The Labute approximate surface area is 205 Å². The van der Waals surface area contributed by atoms with Gasteiger partial charge >= 0.3 is 15.6 Å². The summed E-state index contributed by atoms with van der Waals surface area (Å²) < 4.78 is 76.5. The zero-order valence-corrected chi connectivity index (χ0v) is 23.2. The first-order chi connectivity index (χ1) is 15.7. The fourth-order valence-corrected chi connectivity index (χ4v) is 7.69. The van der Waals surface area contributed by atoms with E-state index in [4.69, 9.17) is 9.16 Å². The van der Waals surface area contributed by atoms with Crippen molar-refractivity contribution in [3.63, 3.8) is 0 Å². The number of rotatable bonds is 16. The van der Waals surface area contributed by atoms with Gasteiger partial charge in [0.05, 0.1) is 12.2 Å². The Morgan fingerprint density at radius 1 is 1.18 bits per heavy atom. The molecular formula is C24H43F3O5SSi. The Kier molecular flexibility index (Phi) is 12.3. The average molecular weight is 529 g/mol. The lowest BCUT2D eigenvalue weighted by Crippen LogP contribution is -2.36. The molecule has 1 aliphatic heterocycles. The van der Waals surface area contributed by atoms with Crippen molar-refractivity contribution in [1.29, 1.82) is 0 Å². The molecule has 0 aromatic rings. The molecule has 1 rings (SSSR count). The largest absolute Gasteiger partial charge is 0.534 e. The number of alkyl halides is 3. The molecule has 0 aliphatic carbocycles. The monoisotopic (exact) mass is 528 g/mol. The van der Waals surface area contributed by atoms with E-state index in [0.717, 1.165) is 62.4 Å². The summed E-state index contributed by atoms with van der Waals surface area (Å²) in [6.07, 6.45) is 4.88. The summed E-state index contributed by atoms with van der Waals surface area (Å²) in [7, 11) is -7.23. The highest BCUT2D eigenvalue weighted by molar-refractivity contribution is 7.87. The summed E-state index contributed by atoms with van der Waals surface area (Å²) in [5.41, 5.74) is -4.38. The van der Waals surface area contributed by atoms with Crippen LogP contribution < -0.4 is 0 Å². The summed E-state index contributed by atoms with van der Waals surface area (Å²) in [6.45, 7) is 18.6. The van der Waals surface area contributed by atoms with Gasteiger partial charge in [0, 0.05) is 12.5 Å². The van der Waals surface area contributed by atoms with Crippen LogP contribution >= 0.6 is 0 Å². The van der Waals surface area contributed by atoms with Crippen molar-refractivity contribution in [2.75, 3.05) is 6.61 Å². The number of allylic oxidation sites excluding steroid dienone is 1. The summed E-state index contributed by atoms with van der Waals surface area (Å²) in [5, 5.41) is 0. The number of hydrogen-bond donors (Lipinski definition) is 0. The van der Waals surface area contributed by atoms with E-state index in [1.165, 1.54) is 0 Å². The van der Waals surface area contributed by atoms with Crippen molar-refractivity contribution in [3.8, 4) is 0 Å². The first-order valence-corrected chi connectivity index (χ1v) is 16.3. The normalized spacial score (nSPS) is 21.5. The second-order valence-corrected chi connectivity index (χ2v) is 15.9. The minimum absolute atomic E-state index is 0.0240. The molecule has 0 N–H and O–H groups in total. The third kappa shape index (κ3) is 9.31. The maximum atomic E-state index is 12.5. The second kappa shape index (κ2) is 13.5. The van der Waals surface area contributed by atoms with E-state index in [0.29, 0.717) is 6.42 Å². The predicted octanol–water partition coefficient (Wildman–Crippen LogP) is 7.32. The Balaban J connectivity index is 2.39. The molecule has 0 bridgehead atoms. The molecule has 0 spiro atoms. The Morgan fingerprint density at radius 3 is 2.29 bits per heavy atom. The third-order valence-corrected chi connectivity index (χ3v) is 12.7. The van der Waals surface area contributed by atoms with E-state index in [-0.39, 0.29) is 18.1 Å². The predicted molar refractivity (Wildman–Crippen MR) is 132 cm³/mol. The van der Waals surface area contributed by atoms with Crippen molar-refractivity contribution in [1.82, 2.24) is 0 Å². The molecule has 0 unspecified atom stereocenters. The van der Waals surface area contributed by atoms with Crippen LogP contribution in [0.5, 0.6) is 0 Å². The molecule has 0 aromatic carbocycles. The van der Waals surface area contributed by atoms with Gasteiger partial charge in [0.1, 0.15) is 5.76 Å². The van der Waals surface area contributed by atoms with Crippen molar-refractivity contribution >= 4 is 18.4 Å². The van der Waals surface area contributed by atoms with Crippen LogP contribution in [-0.4, -0.2) is 41.1 Å². The van der Waals surface area contributed by atoms with Crippen LogP contribution in [0.1, 0.15) is 73.1 Å². The smallest absolute Gasteiger partial charge is 0.417 e. The zero-order valence-electron chi connectivity index (χ0n) is 21.4. The molecule has 1 saturated heterocycles. The van der Waals surface area contributed by atoms with Crippen LogP contribution in [0.3, 0.4) is 0 Å². The first kappa shape index (κ1) is 31.2. The van der Waals surface area contributed by atoms with Gasteiger partial charge < -0.3 is 13.3 Å². The van der Waals surface area contributed by atoms with Crippen molar-refractivity contribution in [2.24, 2.45) is 11.8 Å². The fraction of sp³-hybridized carbons (Fsp3) is 0.833. The van der Waals surface area contributed by atoms with Crippen LogP contribution in [-0.2, 0) is 23.5 Å². The highest BCUT2D eigenvalue weighted by Crippen LogP contribution is 2.34. The Bertz CT molecular complexity index is 757. The SMILES string of the molecule is C=C(OS(=O)(=O)C(F)(F)F)[C@H](C)C[C@H](C)CC[C@@H]1O[C@@H](CCCO[Si](CC)(CC)CC)CC1=C. The summed E-state index contributed by atoms with van der Waals surface area (Å²) in [6, 6.07) is 3.44. The molecule has 4 atom stereocenters. The van der Waals surface area contributed by atoms with E-state index < -0.39 is 35.6 Å². The molecule has 200 valence electrons. The van der Waals surface area contributed by atoms with Crippen LogP contribution in [0.25, 0.3) is 0 Å². The number of ether oxygens (including phenoxy) is 1. The van der Waals surface area contributed by atoms with E-state index in [2.05, 4.69) is 38.1 Å². The van der Waals surface area contributed by atoms with Gasteiger partial charge in [-0.15, -0.1) is 0 Å². The summed E-state index contributed by atoms with van der Waals surface area (Å²) >= 11 is 0. The van der Waals surface area contributed by atoms with Gasteiger partial charge in [0.25, 0.3) is 0 Å². The van der Waals surface area contributed by atoms with Crippen LogP contribution in [0, 0.1) is 11.8 Å². The lowest BCUT2D eigenvalue weighted by atomic mass is 9.91. The van der Waals surface area contributed by atoms with E-state index in [1.54, 1.807) is 6.92 Å². The molecule has 1 fully saturated rings. The number of halogens is 3. The van der Waals surface area contributed by atoms with E-state index in [1.807, 2.05) is 6.92 Å². The van der Waals surface area contributed by atoms with Gasteiger partial charge in [-0.05, 0) is 68.1 Å². The minimum atomic E-state index is -5.68. The van der Waals surface area contributed by atoms with Crippen LogP contribution in [0.15, 0.2) is 24.5 Å². The van der Waals surface area contributed by atoms with Crippen molar-refractivity contribution in [2.45, 2.75) is 109 Å². The molecule has 1 aliphatic rings. The highest BCUT2D eigenvalue weighted by atomic mass is 32.2. The summed E-state index contributed by atoms with van der Waals surface area (Å²) in [5.74, 6) is -0.796. The van der Waals surface area contributed by atoms with Gasteiger partial charge in [-0.3, -0.25) is 0 Å². The van der Waals surface area contributed by atoms with Crippen LogP contribution in [0.2, 0.25) is 18.1 Å². The molecule has 0 amide bonds. The maximum absolute atomic E-state index is 12.5. The van der Waals surface area contributed by atoms with Gasteiger partial charge in [-0.2, -0.15) is 21.6 Å². The molecule has 34 heavy (non-hydrogen) atoms. The molecule has 0 radical (unpaired) electrons. The standard InChI is InChI=1S/C24H43F3O5SSi/c1-8-34(9-2,10-3)30-15-11-12-22-17-20(6)23(31-22)14-13-18(4)16-19(5)21(7)32-33(28,29)24(25,26)27/h18-19,22-23H,6-17H2,1-5H3/t18-,19-,22+,23+/m1/s1. The Morgan fingerprint density at radius 2 is 1.76 bits per heavy atom. The quantitative estimate of drug-likeness (QED) is 0.0524. The first-order valence-electron chi connectivity index (χ1n) is 12.4. The zero-order chi connectivity index (χ0) is 26.2. The maximum Gasteiger partial charge on any atom is 0.534 e. The van der Waals surface area contributed by atoms with E-state index >= 15 is 0 Å². The fourth-order valence-electron chi connectivity index (χ4n) is 4.46. The molecule has 0 aromatic heterocycles. The molecule has 5 nitrogen and oxygen atoms in total. The lowest BCUT2D eigenvalue weighted by molar-refractivity contribution is -0.0526. The lowest BCUT2D eigenvalue weighted by Gasteiger charge is -2.28. The average Bonchev–Trinajstić information content (AvgIpc) is 3.11. The molecular weight excluding hydrogens is 485 g/mol. The van der Waals surface area contributed by atoms with Crippen molar-refractivity contribution < 1.29 is 34.9 Å². The van der Waals surface area contributed by atoms with Gasteiger partial charge in [0.15, 0.2) is 8.32 Å². The second-order valence-electron chi connectivity index (χ2n) is 9.61. The van der Waals surface area contributed by atoms with Crippen molar-refractivity contribution in [3.05, 3.63) is 24.5 Å².